The SMILES string of the molecule is C/C=C\N(C(=O)c1ncn[nH]1)[C@H](C)CCc1nc2c(-c3ccc(C4(O)CCC4)nc3)cnn2c(N)c1C1CC1. The van der Waals surface area contributed by atoms with Crippen LogP contribution in [0.4, 0.5) is 5.82 Å². The van der Waals surface area contributed by atoms with Crippen LogP contribution in [0, 0.1) is 0 Å². The number of H-pyrrole nitrogens is 1. The molecule has 11 nitrogen and oxygen atoms in total. The number of aromatic amines is 1. The molecular weight excluding hydrogens is 494 g/mol. The minimum Gasteiger partial charge on any atom is -0.384 e. The summed E-state index contributed by atoms with van der Waals surface area (Å²) < 4.78 is 1.73. The maximum Gasteiger partial charge on any atom is 0.295 e. The molecule has 6 rings (SSSR count). The fourth-order valence-corrected chi connectivity index (χ4v) is 5.37. The van der Waals surface area contributed by atoms with Gasteiger partial charge in [-0.05, 0) is 70.8 Å². The van der Waals surface area contributed by atoms with E-state index in [0.29, 0.717) is 35.9 Å². The first kappa shape index (κ1) is 25.2. The second-order valence-electron chi connectivity index (χ2n) is 10.7. The number of amides is 1. The van der Waals surface area contributed by atoms with Crippen LogP contribution in [0.5, 0.6) is 0 Å². The third kappa shape index (κ3) is 4.56. The quantitative estimate of drug-likeness (QED) is 0.298. The average Bonchev–Trinajstić information content (AvgIpc) is 3.42. The molecule has 1 amide bonds. The highest BCUT2D eigenvalue weighted by molar-refractivity contribution is 5.91. The molecule has 0 unspecified atom stereocenters. The Morgan fingerprint density at radius 3 is 2.74 bits per heavy atom. The number of carbonyl (C=O) groups is 1. The van der Waals surface area contributed by atoms with Gasteiger partial charge >= 0.3 is 0 Å². The summed E-state index contributed by atoms with van der Waals surface area (Å²) in [6, 6.07) is 3.75. The van der Waals surface area contributed by atoms with Crippen LogP contribution < -0.4 is 5.73 Å². The summed E-state index contributed by atoms with van der Waals surface area (Å²) in [6.07, 6.45) is 14.5. The molecule has 0 spiro atoms. The number of pyridine rings is 1. The first-order valence-corrected chi connectivity index (χ1v) is 13.6. The van der Waals surface area contributed by atoms with E-state index in [0.717, 1.165) is 54.5 Å². The van der Waals surface area contributed by atoms with Crippen molar-refractivity contribution in [2.24, 2.45) is 0 Å². The number of nitrogen functional groups attached to an aromatic ring is 1. The molecule has 0 saturated heterocycles. The number of carbonyl (C=O) groups excluding carboxylic acids is 1. The summed E-state index contributed by atoms with van der Waals surface area (Å²) in [6.45, 7) is 3.89. The van der Waals surface area contributed by atoms with Gasteiger partial charge in [0.05, 0.1) is 17.6 Å². The van der Waals surface area contributed by atoms with Crippen LogP contribution in [0.15, 0.2) is 43.1 Å². The monoisotopic (exact) mass is 527 g/mol. The molecule has 1 atom stereocenters. The predicted molar refractivity (Wildman–Crippen MR) is 146 cm³/mol. The molecule has 202 valence electrons. The van der Waals surface area contributed by atoms with Gasteiger partial charge in [-0.2, -0.15) is 14.7 Å². The molecule has 0 bridgehead atoms. The summed E-state index contributed by atoms with van der Waals surface area (Å²) in [7, 11) is 0. The fourth-order valence-electron chi connectivity index (χ4n) is 5.37. The highest BCUT2D eigenvalue weighted by Gasteiger charge is 2.37. The molecule has 11 heteroatoms. The van der Waals surface area contributed by atoms with Crippen LogP contribution >= 0.6 is 0 Å². The Morgan fingerprint density at radius 1 is 1.31 bits per heavy atom. The van der Waals surface area contributed by atoms with Gasteiger partial charge in [-0.1, -0.05) is 12.1 Å². The summed E-state index contributed by atoms with van der Waals surface area (Å²) in [5, 5.41) is 21.7. The molecule has 4 aromatic rings. The van der Waals surface area contributed by atoms with E-state index in [-0.39, 0.29) is 17.8 Å². The Morgan fingerprint density at radius 2 is 2.13 bits per heavy atom. The molecule has 2 aliphatic carbocycles. The number of nitrogens with zero attached hydrogens (tertiary/aromatic N) is 7. The second kappa shape index (κ2) is 9.88. The average molecular weight is 528 g/mol. The van der Waals surface area contributed by atoms with E-state index in [1.165, 1.54) is 6.33 Å². The fraction of sp³-hybridized carbons (Fsp3) is 0.429. The third-order valence-electron chi connectivity index (χ3n) is 7.95. The lowest BCUT2D eigenvalue weighted by molar-refractivity contribution is -0.0426. The van der Waals surface area contributed by atoms with E-state index in [1.807, 2.05) is 32.1 Å². The molecule has 2 saturated carbocycles. The van der Waals surface area contributed by atoms with E-state index >= 15 is 0 Å². The van der Waals surface area contributed by atoms with Crippen molar-refractivity contribution in [3.63, 3.8) is 0 Å². The summed E-state index contributed by atoms with van der Waals surface area (Å²) >= 11 is 0. The van der Waals surface area contributed by atoms with Crippen LogP contribution in [0.25, 0.3) is 16.8 Å². The molecule has 4 aromatic heterocycles. The van der Waals surface area contributed by atoms with E-state index < -0.39 is 5.60 Å². The summed E-state index contributed by atoms with van der Waals surface area (Å²) in [5.74, 6) is 0.971. The van der Waals surface area contributed by atoms with Crippen molar-refractivity contribution in [2.45, 2.75) is 76.4 Å². The number of hydrogen-bond acceptors (Lipinski definition) is 8. The lowest BCUT2D eigenvalue weighted by Crippen LogP contribution is -2.35. The molecule has 4 N–H and O–H groups in total. The molecule has 0 aliphatic heterocycles. The van der Waals surface area contributed by atoms with Crippen molar-refractivity contribution < 1.29 is 9.90 Å². The largest absolute Gasteiger partial charge is 0.384 e. The number of anilines is 1. The van der Waals surface area contributed by atoms with E-state index in [2.05, 4.69) is 25.3 Å². The predicted octanol–water partition coefficient (Wildman–Crippen LogP) is 3.74. The molecule has 0 radical (unpaired) electrons. The van der Waals surface area contributed by atoms with Crippen LogP contribution in [-0.2, 0) is 12.0 Å². The molecule has 4 heterocycles. The molecular formula is C28H33N9O2. The Hall–Kier alpha value is -4.12. The van der Waals surface area contributed by atoms with Gasteiger partial charge in [-0.25, -0.2) is 9.97 Å². The first-order chi connectivity index (χ1) is 18.9. The van der Waals surface area contributed by atoms with Crippen LogP contribution in [0.2, 0.25) is 0 Å². The van der Waals surface area contributed by atoms with E-state index in [9.17, 15) is 9.90 Å². The van der Waals surface area contributed by atoms with Gasteiger partial charge in [0.25, 0.3) is 5.91 Å². The number of aliphatic hydroxyl groups is 1. The minimum atomic E-state index is -0.805. The van der Waals surface area contributed by atoms with E-state index in [1.54, 1.807) is 28.0 Å². The smallest absolute Gasteiger partial charge is 0.295 e. The van der Waals surface area contributed by atoms with Crippen molar-refractivity contribution >= 4 is 17.4 Å². The van der Waals surface area contributed by atoms with Gasteiger partial charge < -0.3 is 15.7 Å². The highest BCUT2D eigenvalue weighted by Crippen LogP contribution is 2.45. The van der Waals surface area contributed by atoms with Crippen molar-refractivity contribution in [2.75, 3.05) is 5.73 Å². The van der Waals surface area contributed by atoms with E-state index in [4.69, 9.17) is 10.7 Å². The van der Waals surface area contributed by atoms with Gasteiger partial charge in [0, 0.05) is 35.1 Å². The second-order valence-corrected chi connectivity index (χ2v) is 10.7. The van der Waals surface area contributed by atoms with Crippen LogP contribution in [0.3, 0.4) is 0 Å². The van der Waals surface area contributed by atoms with Crippen molar-refractivity contribution in [1.82, 2.24) is 39.7 Å². The highest BCUT2D eigenvalue weighted by atomic mass is 16.3. The number of fused-ring (bicyclic) bond motifs is 1. The van der Waals surface area contributed by atoms with Gasteiger partial charge in [0.15, 0.2) is 5.65 Å². The number of rotatable bonds is 9. The summed E-state index contributed by atoms with van der Waals surface area (Å²) in [4.78, 5) is 28.4. The zero-order chi connectivity index (χ0) is 27.1. The topological polar surface area (TPSA) is 151 Å². The Bertz CT molecular complexity index is 1520. The van der Waals surface area contributed by atoms with Crippen molar-refractivity contribution in [3.8, 4) is 11.1 Å². The number of nitrogens with one attached hydrogen (secondary N) is 1. The Balaban J connectivity index is 1.30. The third-order valence-corrected chi connectivity index (χ3v) is 7.95. The van der Waals surface area contributed by atoms with Gasteiger partial charge in [-0.3, -0.25) is 14.9 Å². The number of allylic oxidation sites excluding steroid dienone is 1. The maximum atomic E-state index is 13.0. The Kier molecular flexibility index (Phi) is 6.38. The minimum absolute atomic E-state index is 0.108. The number of aryl methyl sites for hydroxylation is 1. The van der Waals surface area contributed by atoms with Crippen molar-refractivity contribution in [3.05, 3.63) is 65.9 Å². The van der Waals surface area contributed by atoms with Crippen molar-refractivity contribution in [1.29, 1.82) is 0 Å². The number of nitrogens with two attached hydrogens (primary N) is 1. The number of aromatic nitrogens is 7. The maximum absolute atomic E-state index is 13.0. The molecule has 2 aliphatic rings. The first-order valence-electron chi connectivity index (χ1n) is 13.6. The van der Waals surface area contributed by atoms with Gasteiger partial charge in [0.1, 0.15) is 17.7 Å². The summed E-state index contributed by atoms with van der Waals surface area (Å²) in [5.41, 5.74) is 11.0. The van der Waals surface area contributed by atoms with Gasteiger partial charge in [0.2, 0.25) is 5.82 Å². The standard InChI is InChI=1S/C28H33N9O2/c1-3-13-36(27(38)25-31-16-32-35-25)17(2)5-9-21-23(18-6-7-18)24(29)37-26(34-21)20(15-33-37)19-8-10-22(30-14-19)28(39)11-4-12-28/h3,8,10,13-18,39H,4-7,9,11-12,29H2,1-2H3,(H,31,32,35)/b13-3-/t17-/m1/s1. The molecule has 39 heavy (non-hydrogen) atoms. The number of hydrogen-bond donors (Lipinski definition) is 3. The van der Waals surface area contributed by atoms with Crippen LogP contribution in [-0.4, -0.2) is 56.7 Å². The zero-order valence-electron chi connectivity index (χ0n) is 22.2. The van der Waals surface area contributed by atoms with Crippen LogP contribution in [0.1, 0.15) is 85.9 Å². The lowest BCUT2D eigenvalue weighted by atomic mass is 9.77. The lowest BCUT2D eigenvalue weighted by Gasteiger charge is -2.35. The Labute approximate surface area is 226 Å². The van der Waals surface area contributed by atoms with Gasteiger partial charge in [-0.15, -0.1) is 0 Å². The molecule has 0 aromatic carbocycles. The molecule has 2 fully saturated rings. The zero-order valence-corrected chi connectivity index (χ0v) is 22.2. The normalized spacial score (nSPS) is 17.4.